The number of aromatic nitrogens is 1. The fraction of sp³-hybridized carbons (Fsp3) is 0.429. The van der Waals surface area contributed by atoms with E-state index in [2.05, 4.69) is 5.16 Å². The molecule has 0 aliphatic heterocycles. The zero-order chi connectivity index (χ0) is 8.27. The number of Topliss-reactive ketones (excluding diaryl/α,β-unsaturated/α-hetero) is 1. The van der Waals surface area contributed by atoms with Crippen molar-refractivity contribution in [1.29, 1.82) is 0 Å². The second-order valence-corrected chi connectivity index (χ2v) is 2.17. The van der Waals surface area contributed by atoms with Crippen molar-refractivity contribution in [2.45, 2.75) is 13.5 Å². The highest BCUT2D eigenvalue weighted by molar-refractivity contribution is 5.91. The van der Waals surface area contributed by atoms with Crippen LogP contribution in [0.4, 0.5) is 0 Å². The Hall–Kier alpha value is -1.16. The molecule has 0 aliphatic carbocycles. The summed E-state index contributed by atoms with van der Waals surface area (Å²) < 4.78 is 9.49. The number of carbonyl (C=O) groups is 1. The van der Waals surface area contributed by atoms with Gasteiger partial charge in [0.15, 0.2) is 5.78 Å². The quantitative estimate of drug-likeness (QED) is 0.611. The average Bonchev–Trinajstić information content (AvgIpc) is 2.37. The molecule has 60 valence electrons. The smallest absolute Gasteiger partial charge is 0.202 e. The summed E-state index contributed by atoms with van der Waals surface area (Å²) in [6.45, 7) is 1.80. The van der Waals surface area contributed by atoms with Gasteiger partial charge in [0.25, 0.3) is 0 Å². The van der Waals surface area contributed by atoms with Crippen LogP contribution in [0.15, 0.2) is 10.6 Å². The molecule has 11 heavy (non-hydrogen) atoms. The maximum atomic E-state index is 10.7. The predicted molar refractivity (Wildman–Crippen MR) is 37.2 cm³/mol. The summed E-state index contributed by atoms with van der Waals surface area (Å²) in [5, 5.41) is 3.61. The van der Waals surface area contributed by atoms with Crippen molar-refractivity contribution in [3.8, 4) is 0 Å². The maximum absolute atomic E-state index is 10.7. The van der Waals surface area contributed by atoms with E-state index < -0.39 is 0 Å². The minimum atomic E-state index is -0.125. The van der Waals surface area contributed by atoms with Crippen LogP contribution in [0.3, 0.4) is 0 Å². The second-order valence-electron chi connectivity index (χ2n) is 2.17. The first-order valence-corrected chi connectivity index (χ1v) is 3.19. The van der Waals surface area contributed by atoms with Gasteiger partial charge in [-0.2, -0.15) is 0 Å². The minimum absolute atomic E-state index is 0.125. The molecule has 1 heterocycles. The summed E-state index contributed by atoms with van der Waals surface area (Å²) >= 11 is 0. The van der Waals surface area contributed by atoms with Crippen LogP contribution >= 0.6 is 0 Å². The molecule has 1 aromatic rings. The van der Waals surface area contributed by atoms with Gasteiger partial charge in [0.05, 0.1) is 6.61 Å². The third kappa shape index (κ3) is 1.88. The van der Waals surface area contributed by atoms with Crippen molar-refractivity contribution in [3.63, 3.8) is 0 Å². The number of nitrogens with zero attached hydrogens (tertiary/aromatic N) is 1. The second kappa shape index (κ2) is 3.30. The highest BCUT2D eigenvalue weighted by Crippen LogP contribution is 2.04. The van der Waals surface area contributed by atoms with Crippen molar-refractivity contribution < 1.29 is 14.1 Å². The Morgan fingerprint density at radius 2 is 2.55 bits per heavy atom. The lowest BCUT2D eigenvalue weighted by Crippen LogP contribution is -1.87. The average molecular weight is 155 g/mol. The molecule has 0 fully saturated rings. The van der Waals surface area contributed by atoms with Gasteiger partial charge in [-0.15, -0.1) is 0 Å². The third-order valence-corrected chi connectivity index (χ3v) is 1.20. The molecule has 1 rings (SSSR count). The van der Waals surface area contributed by atoms with Gasteiger partial charge >= 0.3 is 0 Å². The van der Waals surface area contributed by atoms with E-state index >= 15 is 0 Å². The molecule has 4 nitrogen and oxygen atoms in total. The minimum Gasteiger partial charge on any atom is -0.378 e. The van der Waals surface area contributed by atoms with Crippen LogP contribution in [0.25, 0.3) is 0 Å². The van der Waals surface area contributed by atoms with Gasteiger partial charge in [-0.3, -0.25) is 4.79 Å². The highest BCUT2D eigenvalue weighted by atomic mass is 16.5. The number of carbonyl (C=O) groups excluding carboxylic acids is 1. The van der Waals surface area contributed by atoms with Crippen molar-refractivity contribution in [2.75, 3.05) is 7.11 Å². The Labute approximate surface area is 64.1 Å². The fourth-order valence-corrected chi connectivity index (χ4v) is 0.694. The highest BCUT2D eigenvalue weighted by Gasteiger charge is 2.06. The van der Waals surface area contributed by atoms with E-state index in [-0.39, 0.29) is 11.5 Å². The van der Waals surface area contributed by atoms with Crippen molar-refractivity contribution >= 4 is 5.78 Å². The summed E-state index contributed by atoms with van der Waals surface area (Å²) in [5.74, 6) is 0.150. The number of rotatable bonds is 3. The van der Waals surface area contributed by atoms with Crippen LogP contribution in [0.5, 0.6) is 0 Å². The Kier molecular flexibility index (Phi) is 2.38. The van der Waals surface area contributed by atoms with Gasteiger partial charge in [-0.1, -0.05) is 5.16 Å². The lowest BCUT2D eigenvalue weighted by Gasteiger charge is -1.86. The molecule has 0 saturated heterocycles. The van der Waals surface area contributed by atoms with Gasteiger partial charge in [0, 0.05) is 20.1 Å². The molecule has 1 aromatic heterocycles. The molecule has 0 amide bonds. The monoisotopic (exact) mass is 155 g/mol. The summed E-state index contributed by atoms with van der Waals surface area (Å²) in [6, 6.07) is 1.58. The number of methoxy groups -OCH3 is 1. The van der Waals surface area contributed by atoms with Crippen LogP contribution in [-0.4, -0.2) is 18.0 Å². The van der Waals surface area contributed by atoms with E-state index in [0.29, 0.717) is 12.3 Å². The lowest BCUT2D eigenvalue weighted by atomic mass is 10.3. The summed E-state index contributed by atoms with van der Waals surface area (Å²) in [7, 11) is 1.56. The number of hydrogen-bond donors (Lipinski definition) is 0. The third-order valence-electron chi connectivity index (χ3n) is 1.20. The van der Waals surface area contributed by atoms with Crippen LogP contribution < -0.4 is 0 Å². The zero-order valence-electron chi connectivity index (χ0n) is 6.46. The Bertz CT molecular complexity index is 254. The first kappa shape index (κ1) is 7.94. The van der Waals surface area contributed by atoms with E-state index in [1.807, 2.05) is 0 Å². The van der Waals surface area contributed by atoms with Gasteiger partial charge in [-0.05, 0) is 0 Å². The molecule has 0 spiro atoms. The van der Waals surface area contributed by atoms with Crippen molar-refractivity contribution in [1.82, 2.24) is 5.16 Å². The summed E-state index contributed by atoms with van der Waals surface area (Å²) in [4.78, 5) is 10.7. The molecule has 0 radical (unpaired) electrons. The predicted octanol–water partition coefficient (Wildman–Crippen LogP) is 1.02. The first-order valence-electron chi connectivity index (χ1n) is 3.19. The Balaban J connectivity index is 2.73. The van der Waals surface area contributed by atoms with E-state index in [0.717, 1.165) is 0 Å². The van der Waals surface area contributed by atoms with E-state index in [4.69, 9.17) is 9.26 Å². The summed E-state index contributed by atoms with van der Waals surface area (Å²) in [5.41, 5.74) is 0.637. The zero-order valence-corrected chi connectivity index (χ0v) is 6.46. The SMILES string of the molecule is COCc1cc(C(C)=O)on1. The molecule has 0 N–H and O–H groups in total. The molecule has 0 aromatic carbocycles. The van der Waals surface area contributed by atoms with Crippen LogP contribution in [0.1, 0.15) is 23.2 Å². The van der Waals surface area contributed by atoms with E-state index in [1.54, 1.807) is 13.2 Å². The molecule has 4 heteroatoms. The number of ketones is 1. The lowest BCUT2D eigenvalue weighted by molar-refractivity contribution is 0.0977. The normalized spacial score (nSPS) is 10.0. The van der Waals surface area contributed by atoms with E-state index in [1.165, 1.54) is 6.92 Å². The van der Waals surface area contributed by atoms with Crippen molar-refractivity contribution in [2.24, 2.45) is 0 Å². The molecular formula is C7H9NO3. The van der Waals surface area contributed by atoms with E-state index in [9.17, 15) is 4.79 Å². The van der Waals surface area contributed by atoms with Gasteiger partial charge < -0.3 is 9.26 Å². The van der Waals surface area contributed by atoms with Crippen LogP contribution in [0, 0.1) is 0 Å². The van der Waals surface area contributed by atoms with Gasteiger partial charge in [0.1, 0.15) is 5.69 Å². The molecule has 0 saturated carbocycles. The maximum Gasteiger partial charge on any atom is 0.202 e. The standard InChI is InChI=1S/C7H9NO3/c1-5(9)7-3-6(4-10-2)8-11-7/h3H,4H2,1-2H3. The van der Waals surface area contributed by atoms with Crippen LogP contribution in [-0.2, 0) is 11.3 Å². The molecule has 0 aliphatic rings. The topological polar surface area (TPSA) is 52.3 Å². The largest absolute Gasteiger partial charge is 0.378 e. The fourth-order valence-electron chi connectivity index (χ4n) is 0.694. The van der Waals surface area contributed by atoms with Gasteiger partial charge in [0.2, 0.25) is 5.76 Å². The molecule has 0 bridgehead atoms. The number of hydrogen-bond acceptors (Lipinski definition) is 4. The molecule has 0 atom stereocenters. The Morgan fingerprint density at radius 1 is 1.82 bits per heavy atom. The van der Waals surface area contributed by atoms with Crippen LogP contribution in [0.2, 0.25) is 0 Å². The first-order chi connectivity index (χ1) is 5.24. The number of ether oxygens (including phenoxy) is 1. The molecule has 0 unspecified atom stereocenters. The van der Waals surface area contributed by atoms with Crippen molar-refractivity contribution in [3.05, 3.63) is 17.5 Å². The Morgan fingerprint density at radius 3 is 3.00 bits per heavy atom. The molecular weight excluding hydrogens is 146 g/mol. The summed E-state index contributed by atoms with van der Waals surface area (Å²) in [6.07, 6.45) is 0. The van der Waals surface area contributed by atoms with Gasteiger partial charge in [-0.25, -0.2) is 0 Å².